The fraction of sp³-hybridized carbons (Fsp3) is 0.444. The van der Waals surface area contributed by atoms with E-state index in [0.29, 0.717) is 0 Å². The molecule has 2 rings (SSSR count). The maximum atomic E-state index is 11.6. The number of thioether (sulfide) groups is 1. The highest BCUT2D eigenvalue weighted by Crippen LogP contribution is 2.44. The van der Waals surface area contributed by atoms with Gasteiger partial charge in [0.2, 0.25) is 5.91 Å². The number of esters is 1. The number of aliphatic carboxylic acids is 1. The van der Waals surface area contributed by atoms with Crippen molar-refractivity contribution < 1.29 is 24.2 Å². The second-order valence-electron chi connectivity index (χ2n) is 3.54. The molecule has 0 radical (unpaired) electrons. The van der Waals surface area contributed by atoms with Crippen molar-refractivity contribution >= 4 is 29.6 Å². The Morgan fingerprint density at radius 1 is 1.59 bits per heavy atom. The first-order valence-corrected chi connectivity index (χ1v) is 5.78. The minimum Gasteiger partial charge on any atom is -0.477 e. The van der Waals surface area contributed by atoms with E-state index in [-0.39, 0.29) is 30.1 Å². The summed E-state index contributed by atoms with van der Waals surface area (Å²) in [5.74, 6) is -2.53. The number of hydrogen-bond donors (Lipinski definition) is 2. The lowest BCUT2D eigenvalue weighted by Crippen LogP contribution is -2.59. The number of hydrogen-bond acceptors (Lipinski definition) is 6. The second-order valence-corrected chi connectivity index (χ2v) is 4.53. The Labute approximate surface area is 101 Å². The van der Waals surface area contributed by atoms with Crippen molar-refractivity contribution in [1.29, 1.82) is 0 Å². The molecule has 0 aromatic rings. The molecule has 0 bridgehead atoms. The molecule has 17 heavy (non-hydrogen) atoms. The molecule has 2 aliphatic heterocycles. The Bertz CT molecular complexity index is 422. The molecule has 0 saturated carbocycles. The first-order chi connectivity index (χ1) is 8.06. The lowest BCUT2D eigenvalue weighted by atomic mass is 9.98. The van der Waals surface area contributed by atoms with Gasteiger partial charge in [-0.05, 0) is 0 Å². The summed E-state index contributed by atoms with van der Waals surface area (Å²) < 4.78 is 4.77. The topological polar surface area (TPSA) is 110 Å². The van der Waals surface area contributed by atoms with Gasteiger partial charge in [0.15, 0.2) is 0 Å². The molecular formula is C9H10N2O5S. The molecular weight excluding hydrogens is 248 g/mol. The van der Waals surface area contributed by atoms with Crippen molar-refractivity contribution in [2.75, 3.05) is 13.2 Å². The van der Waals surface area contributed by atoms with E-state index in [1.165, 1.54) is 22.1 Å². The Balaban J connectivity index is 1.93. The van der Waals surface area contributed by atoms with E-state index >= 15 is 0 Å². The van der Waals surface area contributed by atoms with Gasteiger partial charge in [0.1, 0.15) is 23.6 Å². The molecule has 8 heteroatoms. The number of β-lactam (4-membered cyclic amide) rings is 1. The molecule has 2 atom stereocenters. The van der Waals surface area contributed by atoms with Gasteiger partial charge in [0.05, 0.1) is 6.54 Å². The van der Waals surface area contributed by atoms with Crippen LogP contribution in [0.15, 0.2) is 11.1 Å². The van der Waals surface area contributed by atoms with Gasteiger partial charge in [0, 0.05) is 5.41 Å². The molecule has 2 aliphatic rings. The molecule has 2 heterocycles. The first-order valence-electron chi connectivity index (χ1n) is 4.84. The number of carboxylic acids is 1. The van der Waals surface area contributed by atoms with E-state index in [1.807, 2.05) is 0 Å². The summed E-state index contributed by atoms with van der Waals surface area (Å²) in [6.45, 7) is -0.287. The van der Waals surface area contributed by atoms with Crippen molar-refractivity contribution in [1.82, 2.24) is 4.90 Å². The molecule has 92 valence electrons. The van der Waals surface area contributed by atoms with Crippen LogP contribution in [0.2, 0.25) is 0 Å². The number of fused-ring (bicyclic) bond motifs is 1. The fourth-order valence-electron chi connectivity index (χ4n) is 1.67. The summed E-state index contributed by atoms with van der Waals surface area (Å²) in [6.07, 6.45) is 0. The fourth-order valence-corrected chi connectivity index (χ4v) is 2.88. The highest BCUT2D eigenvalue weighted by Gasteiger charge is 2.53. The van der Waals surface area contributed by atoms with E-state index in [4.69, 9.17) is 15.6 Å². The molecule has 1 saturated heterocycles. The molecule has 7 nitrogen and oxygen atoms in total. The number of nitrogens with zero attached hydrogens (tertiary/aromatic N) is 1. The van der Waals surface area contributed by atoms with Crippen LogP contribution in [0.1, 0.15) is 0 Å². The predicted octanol–water partition coefficient (Wildman–Crippen LogP) is -1.05. The zero-order valence-corrected chi connectivity index (χ0v) is 9.48. The maximum Gasteiger partial charge on any atom is 0.353 e. The number of amides is 1. The number of nitrogens with two attached hydrogens (primary N) is 1. The number of carbonyl (C=O) groups excluding carboxylic acids is 2. The minimum atomic E-state index is -1.13. The van der Waals surface area contributed by atoms with Gasteiger partial charge in [0.25, 0.3) is 0 Å². The number of carbonyl (C=O) groups is 3. The molecule has 0 aromatic carbocycles. The van der Waals surface area contributed by atoms with Crippen LogP contribution in [-0.2, 0) is 19.1 Å². The monoisotopic (exact) mass is 258 g/mol. The van der Waals surface area contributed by atoms with E-state index in [0.717, 1.165) is 0 Å². The highest BCUT2D eigenvalue weighted by molar-refractivity contribution is 8.03. The van der Waals surface area contributed by atoms with E-state index in [2.05, 4.69) is 0 Å². The third kappa shape index (κ3) is 1.89. The number of carboxylic acid groups (broad SMARTS) is 1. The average molecular weight is 258 g/mol. The summed E-state index contributed by atoms with van der Waals surface area (Å²) in [7, 11) is 0. The van der Waals surface area contributed by atoms with E-state index < -0.39 is 17.9 Å². The summed E-state index contributed by atoms with van der Waals surface area (Å²) in [6, 6.07) is 0. The molecule has 0 aromatic heterocycles. The van der Waals surface area contributed by atoms with Crippen molar-refractivity contribution in [3.63, 3.8) is 0 Å². The molecule has 1 fully saturated rings. The largest absolute Gasteiger partial charge is 0.477 e. The SMILES string of the molecule is NCC(=O)OCC1C(=O)N2C(C(=O)O)=CS[C@@H]12. The Morgan fingerprint density at radius 2 is 2.29 bits per heavy atom. The normalized spacial score (nSPS) is 26.1. The lowest BCUT2D eigenvalue weighted by molar-refractivity contribution is -0.158. The van der Waals surface area contributed by atoms with Gasteiger partial charge in [-0.25, -0.2) is 4.79 Å². The van der Waals surface area contributed by atoms with Crippen LogP contribution < -0.4 is 5.73 Å². The average Bonchev–Trinajstić information content (AvgIpc) is 2.69. The van der Waals surface area contributed by atoms with Crippen LogP contribution >= 0.6 is 11.8 Å². The summed E-state index contributed by atoms with van der Waals surface area (Å²) in [5.41, 5.74) is 5.04. The smallest absolute Gasteiger partial charge is 0.353 e. The first kappa shape index (κ1) is 11.9. The molecule has 0 aliphatic carbocycles. The Kier molecular flexibility index (Phi) is 3.07. The van der Waals surface area contributed by atoms with Crippen LogP contribution in [0.25, 0.3) is 0 Å². The number of ether oxygens (including phenoxy) is 1. The number of rotatable bonds is 4. The summed E-state index contributed by atoms with van der Waals surface area (Å²) in [5, 5.41) is 9.97. The lowest BCUT2D eigenvalue weighted by Gasteiger charge is -2.41. The quantitative estimate of drug-likeness (QED) is 0.488. The van der Waals surface area contributed by atoms with Gasteiger partial charge in [-0.3, -0.25) is 14.5 Å². The van der Waals surface area contributed by atoms with Gasteiger partial charge in [-0.15, -0.1) is 11.8 Å². The third-order valence-corrected chi connectivity index (χ3v) is 3.72. The predicted molar refractivity (Wildman–Crippen MR) is 57.4 cm³/mol. The highest BCUT2D eigenvalue weighted by atomic mass is 32.2. The maximum absolute atomic E-state index is 11.6. The second kappa shape index (κ2) is 4.38. The summed E-state index contributed by atoms with van der Waals surface area (Å²) in [4.78, 5) is 34.5. The van der Waals surface area contributed by atoms with Crippen LogP contribution in [0.3, 0.4) is 0 Å². The van der Waals surface area contributed by atoms with Crippen molar-refractivity contribution in [3.8, 4) is 0 Å². The Hall–Kier alpha value is -1.54. The van der Waals surface area contributed by atoms with E-state index in [9.17, 15) is 14.4 Å². The molecule has 1 amide bonds. The zero-order chi connectivity index (χ0) is 12.6. The van der Waals surface area contributed by atoms with Crippen molar-refractivity contribution in [2.24, 2.45) is 11.7 Å². The summed E-state index contributed by atoms with van der Waals surface area (Å²) >= 11 is 1.24. The van der Waals surface area contributed by atoms with Gasteiger partial charge in [-0.2, -0.15) is 0 Å². The van der Waals surface area contributed by atoms with Crippen molar-refractivity contribution in [2.45, 2.75) is 5.37 Å². The molecule has 0 spiro atoms. The van der Waals surface area contributed by atoms with Crippen LogP contribution in [0.5, 0.6) is 0 Å². The Morgan fingerprint density at radius 3 is 2.88 bits per heavy atom. The van der Waals surface area contributed by atoms with Gasteiger partial charge < -0.3 is 15.6 Å². The zero-order valence-electron chi connectivity index (χ0n) is 8.66. The van der Waals surface area contributed by atoms with Crippen molar-refractivity contribution in [3.05, 3.63) is 11.1 Å². The minimum absolute atomic E-state index is 0.0219. The van der Waals surface area contributed by atoms with E-state index in [1.54, 1.807) is 0 Å². The molecule has 1 unspecified atom stereocenters. The van der Waals surface area contributed by atoms with Crippen LogP contribution in [-0.4, -0.2) is 46.4 Å². The third-order valence-electron chi connectivity index (χ3n) is 2.54. The standard InChI is InChI=1S/C9H10N2O5S/c10-1-6(12)16-2-4-7(13)11-5(9(14)15)3-17-8(4)11/h3-4,8H,1-2,10H2,(H,14,15)/t4?,8-/m0/s1. The van der Waals surface area contributed by atoms with Gasteiger partial charge >= 0.3 is 11.9 Å². The van der Waals surface area contributed by atoms with Gasteiger partial charge in [-0.1, -0.05) is 0 Å². The van der Waals surface area contributed by atoms with Crippen LogP contribution in [0, 0.1) is 5.92 Å². The van der Waals surface area contributed by atoms with Crippen LogP contribution in [0.4, 0.5) is 0 Å². The molecule has 3 N–H and O–H groups in total.